The number of morpholine rings is 1. The van der Waals surface area contributed by atoms with Crippen molar-refractivity contribution in [3.63, 3.8) is 0 Å². The lowest BCUT2D eigenvalue weighted by Gasteiger charge is -2.25. The Morgan fingerprint density at radius 1 is 1.30 bits per heavy atom. The zero-order chi connectivity index (χ0) is 14.0. The minimum absolute atomic E-state index is 0.0177. The van der Waals surface area contributed by atoms with E-state index in [2.05, 4.69) is 20.2 Å². The van der Waals surface area contributed by atoms with Gasteiger partial charge in [-0.2, -0.15) is 12.7 Å². The number of nitrogens with zero attached hydrogens (tertiary/aromatic N) is 3. The van der Waals surface area contributed by atoms with Crippen LogP contribution in [-0.4, -0.2) is 55.8 Å². The van der Waals surface area contributed by atoms with Crippen molar-refractivity contribution in [3.05, 3.63) is 5.89 Å². The highest BCUT2D eigenvalue weighted by molar-refractivity contribution is 7.90. The van der Waals surface area contributed by atoms with E-state index in [4.69, 9.17) is 9.15 Å². The molecule has 2 fully saturated rings. The first kappa shape index (κ1) is 13.7. The Labute approximate surface area is 116 Å². The molecule has 0 bridgehead atoms. The molecule has 0 radical (unpaired) electrons. The average Bonchev–Trinajstić information content (AvgIpc) is 3.10. The van der Waals surface area contributed by atoms with Gasteiger partial charge in [0.25, 0.3) is 0 Å². The van der Waals surface area contributed by atoms with Gasteiger partial charge >= 0.3 is 16.2 Å². The van der Waals surface area contributed by atoms with Gasteiger partial charge in [0.05, 0.1) is 19.3 Å². The third-order valence-electron chi connectivity index (χ3n) is 3.33. The summed E-state index contributed by atoms with van der Waals surface area (Å²) in [7, 11) is -3.66. The van der Waals surface area contributed by atoms with Crippen molar-refractivity contribution in [2.75, 3.05) is 37.6 Å². The van der Waals surface area contributed by atoms with Gasteiger partial charge in [-0.1, -0.05) is 5.10 Å². The Morgan fingerprint density at radius 3 is 2.80 bits per heavy atom. The molecular weight excluding hydrogens is 286 g/mol. The van der Waals surface area contributed by atoms with Crippen LogP contribution in [-0.2, 0) is 14.9 Å². The summed E-state index contributed by atoms with van der Waals surface area (Å²) in [5, 5.41) is 10.8. The van der Waals surface area contributed by atoms with Crippen molar-refractivity contribution in [1.29, 1.82) is 0 Å². The van der Waals surface area contributed by atoms with Crippen molar-refractivity contribution in [2.24, 2.45) is 0 Å². The van der Waals surface area contributed by atoms with E-state index in [1.165, 1.54) is 4.31 Å². The van der Waals surface area contributed by atoms with Crippen molar-refractivity contribution in [1.82, 2.24) is 19.8 Å². The maximum Gasteiger partial charge on any atom is 0.330 e. The molecule has 2 aliphatic rings. The first-order valence-electron chi connectivity index (χ1n) is 6.57. The van der Waals surface area contributed by atoms with E-state index in [0.717, 1.165) is 19.4 Å². The summed E-state index contributed by atoms with van der Waals surface area (Å²) >= 11 is 0. The number of aromatic nitrogens is 2. The van der Waals surface area contributed by atoms with E-state index in [9.17, 15) is 8.42 Å². The lowest BCUT2D eigenvalue weighted by molar-refractivity contribution is 0.0733. The third kappa shape index (κ3) is 2.92. The lowest BCUT2D eigenvalue weighted by Crippen LogP contribution is -2.43. The summed E-state index contributed by atoms with van der Waals surface area (Å²) in [6.07, 6.45) is 1.96. The molecule has 10 heteroatoms. The van der Waals surface area contributed by atoms with Crippen LogP contribution in [0.15, 0.2) is 4.42 Å². The molecule has 112 valence electrons. The molecule has 1 aromatic rings. The van der Waals surface area contributed by atoms with Crippen LogP contribution in [0.5, 0.6) is 0 Å². The number of rotatable bonds is 4. The molecule has 0 aliphatic carbocycles. The van der Waals surface area contributed by atoms with Gasteiger partial charge in [0, 0.05) is 13.1 Å². The number of hydrogen-bond donors (Lipinski definition) is 2. The van der Waals surface area contributed by atoms with Gasteiger partial charge < -0.3 is 14.5 Å². The van der Waals surface area contributed by atoms with Gasteiger partial charge in [0.1, 0.15) is 0 Å². The summed E-state index contributed by atoms with van der Waals surface area (Å²) in [6.45, 7) is 2.33. The topological polar surface area (TPSA) is 110 Å². The van der Waals surface area contributed by atoms with E-state index in [-0.39, 0.29) is 12.1 Å². The minimum atomic E-state index is -3.66. The smallest absolute Gasteiger partial charge is 0.330 e. The fourth-order valence-corrected chi connectivity index (χ4v) is 3.34. The monoisotopic (exact) mass is 303 g/mol. The fourth-order valence-electron chi connectivity index (χ4n) is 2.27. The van der Waals surface area contributed by atoms with E-state index >= 15 is 0 Å². The predicted octanol–water partition coefficient (Wildman–Crippen LogP) is -0.517. The minimum Gasteiger partial charge on any atom is -0.406 e. The quantitative estimate of drug-likeness (QED) is 0.770. The van der Waals surface area contributed by atoms with Gasteiger partial charge in [0.15, 0.2) is 0 Å². The van der Waals surface area contributed by atoms with Gasteiger partial charge in [0.2, 0.25) is 5.89 Å². The third-order valence-corrected chi connectivity index (χ3v) is 4.80. The van der Waals surface area contributed by atoms with Crippen molar-refractivity contribution in [2.45, 2.75) is 18.9 Å². The molecule has 1 unspecified atom stereocenters. The van der Waals surface area contributed by atoms with E-state index < -0.39 is 10.2 Å². The first-order chi connectivity index (χ1) is 9.65. The Kier molecular flexibility index (Phi) is 3.87. The van der Waals surface area contributed by atoms with Crippen molar-refractivity contribution >= 4 is 16.2 Å². The van der Waals surface area contributed by atoms with Gasteiger partial charge in [-0.15, -0.1) is 5.10 Å². The standard InChI is InChI=1S/C10H17N5O4S/c16-20(17,15-4-6-18-7-5-15)14-10-13-12-9(19-10)8-2-1-3-11-8/h8,11H,1-7H2,(H,13,14). The maximum atomic E-state index is 12.1. The van der Waals surface area contributed by atoms with Crippen LogP contribution in [0, 0.1) is 0 Å². The van der Waals surface area contributed by atoms with Crippen LogP contribution in [0.4, 0.5) is 6.01 Å². The normalized spacial score (nSPS) is 24.9. The molecule has 3 heterocycles. The van der Waals surface area contributed by atoms with E-state index in [1.54, 1.807) is 0 Å². The second-order valence-corrected chi connectivity index (χ2v) is 6.38. The van der Waals surface area contributed by atoms with Gasteiger partial charge in [-0.3, -0.25) is 0 Å². The molecule has 0 saturated carbocycles. The highest BCUT2D eigenvalue weighted by Gasteiger charge is 2.27. The molecule has 20 heavy (non-hydrogen) atoms. The average molecular weight is 303 g/mol. The number of hydrogen-bond acceptors (Lipinski definition) is 7. The number of ether oxygens (including phenoxy) is 1. The molecule has 9 nitrogen and oxygen atoms in total. The summed E-state index contributed by atoms with van der Waals surface area (Å²) in [4.78, 5) is 0. The summed E-state index contributed by atoms with van der Waals surface area (Å²) in [5.74, 6) is 0.419. The Bertz CT molecular complexity index is 548. The Balaban J connectivity index is 1.67. The van der Waals surface area contributed by atoms with Gasteiger partial charge in [-0.25, -0.2) is 4.72 Å². The highest BCUT2D eigenvalue weighted by Crippen LogP contribution is 2.23. The largest absolute Gasteiger partial charge is 0.406 e. The number of anilines is 1. The second kappa shape index (κ2) is 5.64. The van der Waals surface area contributed by atoms with Crippen molar-refractivity contribution in [3.8, 4) is 0 Å². The van der Waals surface area contributed by atoms with Crippen LogP contribution < -0.4 is 10.0 Å². The van der Waals surface area contributed by atoms with E-state index in [1.807, 2.05) is 0 Å². The number of nitrogens with one attached hydrogen (secondary N) is 2. The molecule has 2 N–H and O–H groups in total. The van der Waals surface area contributed by atoms with Gasteiger partial charge in [-0.05, 0) is 19.4 Å². The first-order valence-corrected chi connectivity index (χ1v) is 8.01. The molecule has 1 aromatic heterocycles. The maximum absolute atomic E-state index is 12.1. The molecule has 0 amide bonds. The SMILES string of the molecule is O=S(=O)(Nc1nnc(C2CCCN2)o1)N1CCOCC1. The zero-order valence-corrected chi connectivity index (χ0v) is 11.7. The summed E-state index contributed by atoms with van der Waals surface area (Å²) in [5.41, 5.74) is 0. The fraction of sp³-hybridized carbons (Fsp3) is 0.800. The van der Waals surface area contributed by atoms with Crippen LogP contribution in [0.1, 0.15) is 24.8 Å². The predicted molar refractivity (Wildman–Crippen MR) is 69.2 cm³/mol. The van der Waals surface area contributed by atoms with Crippen molar-refractivity contribution < 1.29 is 17.6 Å². The van der Waals surface area contributed by atoms with Crippen LogP contribution in [0.3, 0.4) is 0 Å². The summed E-state index contributed by atoms with van der Waals surface area (Å²) < 4.78 is 38.3. The van der Waals surface area contributed by atoms with Crippen LogP contribution >= 0.6 is 0 Å². The van der Waals surface area contributed by atoms with E-state index in [0.29, 0.717) is 32.2 Å². The molecule has 1 atom stereocenters. The second-order valence-electron chi connectivity index (χ2n) is 4.71. The van der Waals surface area contributed by atoms with Crippen LogP contribution in [0.25, 0.3) is 0 Å². The molecule has 0 aromatic carbocycles. The molecule has 2 saturated heterocycles. The van der Waals surface area contributed by atoms with Crippen LogP contribution in [0.2, 0.25) is 0 Å². The molecule has 2 aliphatic heterocycles. The molecule has 0 spiro atoms. The Hall–Kier alpha value is -1.23. The zero-order valence-electron chi connectivity index (χ0n) is 10.9. The molecular formula is C10H17N5O4S. The lowest BCUT2D eigenvalue weighted by atomic mass is 10.2. The Morgan fingerprint density at radius 2 is 2.10 bits per heavy atom. The highest BCUT2D eigenvalue weighted by atomic mass is 32.2. The molecule has 3 rings (SSSR count). The summed E-state index contributed by atoms with van der Waals surface area (Å²) in [6, 6.07) is -0.0793.